The molecule has 1 aromatic carbocycles. The van der Waals surface area contributed by atoms with Gasteiger partial charge in [-0.3, -0.25) is 9.69 Å². The summed E-state index contributed by atoms with van der Waals surface area (Å²) >= 11 is 0. The SMILES string of the molecule is COc1cccc(C2CN(C(=O)c3nc(C4CC4)n4ccccc34)CCN2C)c1. The van der Waals surface area contributed by atoms with Crippen LogP contribution in [0.25, 0.3) is 5.52 Å². The molecule has 29 heavy (non-hydrogen) atoms. The summed E-state index contributed by atoms with van der Waals surface area (Å²) in [6.07, 6.45) is 4.35. The van der Waals surface area contributed by atoms with Crippen molar-refractivity contribution >= 4 is 11.4 Å². The highest BCUT2D eigenvalue weighted by molar-refractivity contribution is 5.99. The number of benzene rings is 1. The number of amides is 1. The van der Waals surface area contributed by atoms with E-state index in [1.807, 2.05) is 41.4 Å². The minimum atomic E-state index is 0.0293. The molecule has 0 spiro atoms. The van der Waals surface area contributed by atoms with Crippen LogP contribution >= 0.6 is 0 Å². The van der Waals surface area contributed by atoms with Gasteiger partial charge in [-0.2, -0.15) is 0 Å². The van der Waals surface area contributed by atoms with Crippen LogP contribution in [0.4, 0.5) is 0 Å². The van der Waals surface area contributed by atoms with Crippen molar-refractivity contribution in [2.24, 2.45) is 0 Å². The molecule has 1 atom stereocenters. The number of pyridine rings is 1. The molecule has 1 aliphatic carbocycles. The molecule has 6 heteroatoms. The first-order chi connectivity index (χ1) is 14.2. The number of hydrogen-bond donors (Lipinski definition) is 0. The van der Waals surface area contributed by atoms with Crippen LogP contribution < -0.4 is 4.74 Å². The van der Waals surface area contributed by atoms with Crippen LogP contribution in [0, 0.1) is 0 Å². The zero-order chi connectivity index (χ0) is 20.0. The summed E-state index contributed by atoms with van der Waals surface area (Å²) in [6.45, 7) is 2.18. The fourth-order valence-electron chi connectivity index (χ4n) is 4.27. The third-order valence-corrected chi connectivity index (χ3v) is 6.13. The lowest BCUT2D eigenvalue weighted by Gasteiger charge is -2.39. The Balaban J connectivity index is 1.45. The molecular weight excluding hydrogens is 364 g/mol. The third kappa shape index (κ3) is 3.27. The van der Waals surface area contributed by atoms with Gasteiger partial charge in [-0.05, 0) is 49.7 Å². The highest BCUT2D eigenvalue weighted by atomic mass is 16.5. The van der Waals surface area contributed by atoms with Crippen molar-refractivity contribution < 1.29 is 9.53 Å². The van der Waals surface area contributed by atoms with Crippen LogP contribution in [-0.2, 0) is 0 Å². The molecule has 150 valence electrons. The third-order valence-electron chi connectivity index (χ3n) is 6.13. The van der Waals surface area contributed by atoms with Crippen LogP contribution in [0.1, 0.15) is 46.7 Å². The van der Waals surface area contributed by atoms with E-state index in [1.165, 1.54) is 0 Å². The molecule has 0 radical (unpaired) electrons. The van der Waals surface area contributed by atoms with E-state index in [2.05, 4.69) is 28.5 Å². The number of rotatable bonds is 4. The molecule has 1 amide bonds. The minimum Gasteiger partial charge on any atom is -0.497 e. The van der Waals surface area contributed by atoms with Crippen molar-refractivity contribution in [3.05, 3.63) is 65.7 Å². The van der Waals surface area contributed by atoms with Crippen LogP contribution in [-0.4, -0.2) is 58.9 Å². The second kappa shape index (κ2) is 7.19. The number of imidazole rings is 1. The van der Waals surface area contributed by atoms with Crippen LogP contribution in [0.15, 0.2) is 48.7 Å². The highest BCUT2D eigenvalue weighted by Crippen LogP contribution is 2.40. The molecule has 3 aromatic rings. The average Bonchev–Trinajstić information content (AvgIpc) is 3.54. The van der Waals surface area contributed by atoms with Crippen LogP contribution in [0.5, 0.6) is 5.75 Å². The number of likely N-dealkylation sites (N-methyl/N-ethyl adjacent to an activating group) is 1. The number of piperazine rings is 1. The maximum absolute atomic E-state index is 13.5. The number of carbonyl (C=O) groups is 1. The van der Waals surface area contributed by atoms with E-state index in [-0.39, 0.29) is 11.9 Å². The van der Waals surface area contributed by atoms with Crippen molar-refractivity contribution in [3.8, 4) is 5.75 Å². The molecule has 1 saturated carbocycles. The Morgan fingerprint density at radius 3 is 2.79 bits per heavy atom. The van der Waals surface area contributed by atoms with E-state index >= 15 is 0 Å². The first-order valence-corrected chi connectivity index (χ1v) is 10.3. The van der Waals surface area contributed by atoms with Crippen molar-refractivity contribution in [2.45, 2.75) is 24.8 Å². The molecule has 2 aliphatic rings. The fourth-order valence-corrected chi connectivity index (χ4v) is 4.27. The van der Waals surface area contributed by atoms with Crippen molar-refractivity contribution in [3.63, 3.8) is 0 Å². The van der Waals surface area contributed by atoms with Gasteiger partial charge in [0.15, 0.2) is 5.69 Å². The van der Waals surface area contributed by atoms with E-state index in [4.69, 9.17) is 9.72 Å². The largest absolute Gasteiger partial charge is 0.497 e. The van der Waals surface area contributed by atoms with Gasteiger partial charge in [0.05, 0.1) is 18.7 Å². The van der Waals surface area contributed by atoms with E-state index in [1.54, 1.807) is 7.11 Å². The standard InChI is InChI=1S/C23H26N4O2/c1-25-12-13-26(15-20(25)17-6-5-7-18(14-17)29-2)23(28)21-19-8-3-4-11-27(19)22(24-21)16-9-10-16/h3-8,11,14,16,20H,9-10,12-13,15H2,1-2H3. The van der Waals surface area contributed by atoms with Gasteiger partial charge in [0.2, 0.25) is 0 Å². The average molecular weight is 390 g/mol. The molecule has 2 aromatic heterocycles. The predicted molar refractivity (Wildman–Crippen MR) is 111 cm³/mol. The van der Waals surface area contributed by atoms with Gasteiger partial charge >= 0.3 is 0 Å². The monoisotopic (exact) mass is 390 g/mol. The van der Waals surface area contributed by atoms with E-state index in [0.29, 0.717) is 24.7 Å². The first kappa shape index (κ1) is 18.2. The van der Waals surface area contributed by atoms with Gasteiger partial charge in [-0.25, -0.2) is 4.98 Å². The highest BCUT2D eigenvalue weighted by Gasteiger charge is 2.34. The smallest absolute Gasteiger partial charge is 0.274 e. The maximum Gasteiger partial charge on any atom is 0.274 e. The Labute approximate surface area is 170 Å². The van der Waals surface area contributed by atoms with Gasteiger partial charge in [-0.1, -0.05) is 18.2 Å². The van der Waals surface area contributed by atoms with Gasteiger partial charge in [0.25, 0.3) is 5.91 Å². The normalized spacial score (nSPS) is 20.2. The topological polar surface area (TPSA) is 50.1 Å². The Morgan fingerprint density at radius 2 is 2.00 bits per heavy atom. The maximum atomic E-state index is 13.5. The Kier molecular flexibility index (Phi) is 4.51. The Bertz CT molecular complexity index is 1060. The van der Waals surface area contributed by atoms with Crippen LogP contribution in [0.2, 0.25) is 0 Å². The summed E-state index contributed by atoms with van der Waals surface area (Å²) in [6, 6.07) is 14.2. The van der Waals surface area contributed by atoms with Crippen LogP contribution in [0.3, 0.4) is 0 Å². The number of fused-ring (bicyclic) bond motifs is 1. The lowest BCUT2D eigenvalue weighted by atomic mass is 10.0. The Morgan fingerprint density at radius 1 is 1.14 bits per heavy atom. The van der Waals surface area contributed by atoms with Gasteiger partial charge < -0.3 is 14.0 Å². The molecule has 1 aliphatic heterocycles. The second-order valence-electron chi connectivity index (χ2n) is 8.07. The van der Waals surface area contributed by atoms with Crippen molar-refractivity contribution in [1.82, 2.24) is 19.2 Å². The van der Waals surface area contributed by atoms with Crippen molar-refractivity contribution in [1.29, 1.82) is 0 Å². The zero-order valence-electron chi connectivity index (χ0n) is 16.9. The molecule has 5 rings (SSSR count). The van der Waals surface area contributed by atoms with Gasteiger partial charge in [-0.15, -0.1) is 0 Å². The minimum absolute atomic E-state index is 0.0293. The lowest BCUT2D eigenvalue weighted by molar-refractivity contribution is 0.0543. The number of ether oxygens (including phenoxy) is 1. The van der Waals surface area contributed by atoms with E-state index in [0.717, 1.165) is 42.0 Å². The Hall–Kier alpha value is -2.86. The van der Waals surface area contributed by atoms with E-state index < -0.39 is 0 Å². The molecular formula is C23H26N4O2. The summed E-state index contributed by atoms with van der Waals surface area (Å²) in [5.41, 5.74) is 2.66. The second-order valence-corrected chi connectivity index (χ2v) is 8.07. The summed E-state index contributed by atoms with van der Waals surface area (Å²) in [5.74, 6) is 2.39. The predicted octanol–water partition coefficient (Wildman–Crippen LogP) is 3.35. The molecule has 0 N–H and O–H groups in total. The molecule has 1 unspecified atom stereocenters. The molecule has 1 saturated heterocycles. The molecule has 0 bridgehead atoms. The summed E-state index contributed by atoms with van der Waals surface area (Å²) in [4.78, 5) is 22.6. The number of nitrogens with zero attached hydrogens (tertiary/aromatic N) is 4. The number of carbonyl (C=O) groups excluding carboxylic acids is 1. The first-order valence-electron chi connectivity index (χ1n) is 10.3. The quantitative estimate of drug-likeness (QED) is 0.686. The summed E-state index contributed by atoms with van der Waals surface area (Å²) < 4.78 is 7.49. The summed E-state index contributed by atoms with van der Waals surface area (Å²) in [5, 5.41) is 0. The van der Waals surface area contributed by atoms with E-state index in [9.17, 15) is 4.79 Å². The zero-order valence-corrected chi connectivity index (χ0v) is 16.9. The van der Waals surface area contributed by atoms with Crippen molar-refractivity contribution in [2.75, 3.05) is 33.8 Å². The fraction of sp³-hybridized carbons (Fsp3) is 0.391. The molecule has 3 heterocycles. The van der Waals surface area contributed by atoms with Gasteiger partial charge in [0.1, 0.15) is 11.6 Å². The number of methoxy groups -OCH3 is 1. The molecule has 2 fully saturated rings. The number of hydrogen-bond acceptors (Lipinski definition) is 4. The molecule has 6 nitrogen and oxygen atoms in total. The van der Waals surface area contributed by atoms with Gasteiger partial charge in [0, 0.05) is 31.7 Å². The lowest BCUT2D eigenvalue weighted by Crippen LogP contribution is -2.49. The number of aromatic nitrogens is 2. The summed E-state index contributed by atoms with van der Waals surface area (Å²) in [7, 11) is 3.80.